The van der Waals surface area contributed by atoms with Crippen molar-refractivity contribution < 1.29 is 0 Å². The molecular weight excluding hydrogens is 172 g/mol. The summed E-state index contributed by atoms with van der Waals surface area (Å²) in [5.41, 5.74) is 8.48. The van der Waals surface area contributed by atoms with E-state index in [-0.39, 0.29) is 6.04 Å². The molecule has 0 saturated carbocycles. The molecule has 12 heavy (non-hydrogen) atoms. The number of hydrogen-bond acceptors (Lipinski definition) is 1. The Kier molecular flexibility index (Phi) is 1.70. The zero-order valence-electron chi connectivity index (χ0n) is 7.34. The van der Waals surface area contributed by atoms with Gasteiger partial charge in [-0.1, -0.05) is 18.5 Å². The molecule has 1 aromatic rings. The minimum absolute atomic E-state index is 0.179. The largest absolute Gasteiger partial charge is 0.341 e. The molecule has 0 saturated heterocycles. The molecule has 2 atom stereocenters. The Morgan fingerprint density at radius 2 is 2.33 bits per heavy atom. The standard InChI is InChI=1S/C9H13ClN2/c1-5-3-6-7(8(5)11)4-12(2)9(6)10/h4-5,8H,3,11H2,1-2H3. The van der Waals surface area contributed by atoms with Gasteiger partial charge in [-0.2, -0.15) is 0 Å². The highest BCUT2D eigenvalue weighted by Crippen LogP contribution is 2.38. The van der Waals surface area contributed by atoms with Crippen molar-refractivity contribution in [3.05, 3.63) is 22.5 Å². The summed E-state index contributed by atoms with van der Waals surface area (Å²) in [6.45, 7) is 2.17. The van der Waals surface area contributed by atoms with Crippen LogP contribution in [0.3, 0.4) is 0 Å². The molecule has 0 aromatic carbocycles. The molecule has 1 aliphatic carbocycles. The summed E-state index contributed by atoms with van der Waals surface area (Å²) < 4.78 is 1.94. The first kappa shape index (κ1) is 8.14. The highest BCUT2D eigenvalue weighted by Gasteiger charge is 2.30. The van der Waals surface area contributed by atoms with Crippen LogP contribution in [0.5, 0.6) is 0 Å². The van der Waals surface area contributed by atoms with E-state index in [1.54, 1.807) is 0 Å². The van der Waals surface area contributed by atoms with Crippen LogP contribution in [0.15, 0.2) is 6.20 Å². The van der Waals surface area contributed by atoms with Crippen LogP contribution in [0.2, 0.25) is 5.15 Å². The fourth-order valence-corrected chi connectivity index (χ4v) is 2.16. The van der Waals surface area contributed by atoms with Gasteiger partial charge >= 0.3 is 0 Å². The fourth-order valence-electron chi connectivity index (χ4n) is 1.92. The minimum atomic E-state index is 0.179. The molecule has 1 heterocycles. The van der Waals surface area contributed by atoms with Gasteiger partial charge in [-0.25, -0.2) is 0 Å². The lowest BCUT2D eigenvalue weighted by Gasteiger charge is -2.09. The average Bonchev–Trinajstić information content (AvgIpc) is 2.43. The Labute approximate surface area is 77.3 Å². The summed E-state index contributed by atoms with van der Waals surface area (Å²) >= 11 is 6.09. The van der Waals surface area contributed by atoms with Crippen molar-refractivity contribution >= 4 is 11.6 Å². The molecule has 0 fully saturated rings. The Morgan fingerprint density at radius 3 is 2.92 bits per heavy atom. The van der Waals surface area contributed by atoms with Gasteiger partial charge in [-0.15, -0.1) is 0 Å². The number of rotatable bonds is 0. The Balaban J connectivity index is 2.52. The van der Waals surface area contributed by atoms with Crippen LogP contribution in [-0.2, 0) is 13.5 Å². The van der Waals surface area contributed by atoms with Crippen LogP contribution in [0.4, 0.5) is 0 Å². The van der Waals surface area contributed by atoms with Crippen LogP contribution in [0.1, 0.15) is 24.1 Å². The van der Waals surface area contributed by atoms with E-state index in [9.17, 15) is 0 Å². The van der Waals surface area contributed by atoms with Crippen LogP contribution < -0.4 is 5.73 Å². The van der Waals surface area contributed by atoms with E-state index in [0.717, 1.165) is 11.6 Å². The molecule has 1 aliphatic rings. The van der Waals surface area contributed by atoms with Gasteiger partial charge in [0.25, 0.3) is 0 Å². The lowest BCUT2D eigenvalue weighted by atomic mass is 10.1. The summed E-state index contributed by atoms with van der Waals surface area (Å²) in [6, 6.07) is 0.179. The third kappa shape index (κ3) is 0.915. The third-order valence-electron chi connectivity index (χ3n) is 2.74. The van der Waals surface area contributed by atoms with Gasteiger partial charge in [-0.3, -0.25) is 0 Å². The Morgan fingerprint density at radius 1 is 1.67 bits per heavy atom. The zero-order valence-corrected chi connectivity index (χ0v) is 8.10. The highest BCUT2D eigenvalue weighted by atomic mass is 35.5. The first-order chi connectivity index (χ1) is 5.61. The molecule has 2 unspecified atom stereocenters. The number of aryl methyl sites for hydroxylation is 1. The molecule has 2 nitrogen and oxygen atoms in total. The number of aromatic nitrogens is 1. The molecule has 0 amide bonds. The van der Waals surface area contributed by atoms with Crippen LogP contribution >= 0.6 is 11.6 Å². The first-order valence-electron chi connectivity index (χ1n) is 4.20. The number of nitrogens with zero attached hydrogens (tertiary/aromatic N) is 1. The van der Waals surface area contributed by atoms with E-state index in [1.165, 1.54) is 11.1 Å². The van der Waals surface area contributed by atoms with Crippen molar-refractivity contribution in [3.63, 3.8) is 0 Å². The second kappa shape index (κ2) is 2.51. The number of fused-ring (bicyclic) bond motifs is 1. The lowest BCUT2D eigenvalue weighted by molar-refractivity contribution is 0.509. The second-order valence-corrected chi connectivity index (χ2v) is 4.03. The average molecular weight is 185 g/mol. The van der Waals surface area contributed by atoms with E-state index in [0.29, 0.717) is 5.92 Å². The second-order valence-electron chi connectivity index (χ2n) is 3.67. The molecule has 3 heteroatoms. The van der Waals surface area contributed by atoms with E-state index in [2.05, 4.69) is 6.92 Å². The van der Waals surface area contributed by atoms with Crippen molar-refractivity contribution in [1.29, 1.82) is 0 Å². The Bertz CT molecular complexity index is 317. The van der Waals surface area contributed by atoms with Crippen LogP contribution in [-0.4, -0.2) is 4.57 Å². The van der Waals surface area contributed by atoms with Gasteiger partial charge in [0.15, 0.2) is 0 Å². The maximum atomic E-state index is 6.09. The van der Waals surface area contributed by atoms with Crippen molar-refractivity contribution in [3.8, 4) is 0 Å². The smallest absolute Gasteiger partial charge is 0.112 e. The van der Waals surface area contributed by atoms with Gasteiger partial charge in [0.2, 0.25) is 0 Å². The maximum Gasteiger partial charge on any atom is 0.112 e. The van der Waals surface area contributed by atoms with Crippen molar-refractivity contribution in [1.82, 2.24) is 4.57 Å². The quantitative estimate of drug-likeness (QED) is 0.656. The van der Waals surface area contributed by atoms with Crippen LogP contribution in [0, 0.1) is 5.92 Å². The first-order valence-corrected chi connectivity index (χ1v) is 4.58. The van der Waals surface area contributed by atoms with Gasteiger partial charge in [0, 0.05) is 19.3 Å². The summed E-state index contributed by atoms with van der Waals surface area (Å²) in [5.74, 6) is 0.536. The molecule has 2 rings (SSSR count). The molecule has 0 aliphatic heterocycles. The van der Waals surface area contributed by atoms with Gasteiger partial charge in [0.05, 0.1) is 0 Å². The van der Waals surface area contributed by atoms with E-state index >= 15 is 0 Å². The van der Waals surface area contributed by atoms with E-state index in [1.807, 2.05) is 17.8 Å². The zero-order chi connectivity index (χ0) is 8.88. The molecular formula is C9H13ClN2. The normalized spacial score (nSPS) is 27.7. The molecule has 0 bridgehead atoms. The number of hydrogen-bond donors (Lipinski definition) is 1. The summed E-state index contributed by atoms with van der Waals surface area (Å²) in [6.07, 6.45) is 3.07. The number of halogens is 1. The van der Waals surface area contributed by atoms with Gasteiger partial charge < -0.3 is 10.3 Å². The fraction of sp³-hybridized carbons (Fsp3) is 0.556. The predicted octanol–water partition coefficient (Wildman–Crippen LogP) is 1.87. The Hall–Kier alpha value is -0.470. The molecule has 66 valence electrons. The van der Waals surface area contributed by atoms with Crippen molar-refractivity contribution in [2.45, 2.75) is 19.4 Å². The lowest BCUT2D eigenvalue weighted by Crippen LogP contribution is -2.14. The molecule has 0 radical (unpaired) electrons. The topological polar surface area (TPSA) is 30.9 Å². The van der Waals surface area contributed by atoms with Crippen molar-refractivity contribution in [2.24, 2.45) is 18.7 Å². The predicted molar refractivity (Wildman–Crippen MR) is 50.2 cm³/mol. The monoisotopic (exact) mass is 184 g/mol. The minimum Gasteiger partial charge on any atom is -0.341 e. The van der Waals surface area contributed by atoms with E-state index in [4.69, 9.17) is 17.3 Å². The SMILES string of the molecule is CC1Cc2c(cn(C)c2Cl)C1N. The summed E-state index contributed by atoms with van der Waals surface area (Å²) in [4.78, 5) is 0. The van der Waals surface area contributed by atoms with Crippen LogP contribution in [0.25, 0.3) is 0 Å². The van der Waals surface area contributed by atoms with E-state index < -0.39 is 0 Å². The third-order valence-corrected chi connectivity index (χ3v) is 3.23. The number of nitrogens with two attached hydrogens (primary N) is 1. The molecule has 1 aromatic heterocycles. The van der Waals surface area contributed by atoms with Gasteiger partial charge in [0.1, 0.15) is 5.15 Å². The maximum absolute atomic E-state index is 6.09. The van der Waals surface area contributed by atoms with Gasteiger partial charge in [-0.05, 0) is 23.5 Å². The molecule has 0 spiro atoms. The summed E-state index contributed by atoms with van der Waals surface area (Å²) in [7, 11) is 1.96. The van der Waals surface area contributed by atoms with Crippen molar-refractivity contribution in [2.75, 3.05) is 0 Å². The highest BCUT2D eigenvalue weighted by molar-refractivity contribution is 6.30. The molecule has 2 N–H and O–H groups in total. The summed E-state index contributed by atoms with van der Waals surface area (Å²) in [5, 5.41) is 0.852.